The van der Waals surface area contributed by atoms with Crippen molar-refractivity contribution >= 4 is 22.7 Å². The Morgan fingerprint density at radius 2 is 2.38 bits per heavy atom. The van der Waals surface area contributed by atoms with Gasteiger partial charge in [0, 0.05) is 32.8 Å². The Kier molecular flexibility index (Phi) is 3.26. The standard InChI is InChI=1S/C13H16N4O4/c1-17-11-8(5-16-17)10(9(4-14-11)12(18)19)15-6-13(20)2-3-21-7-13/h4-5,20H,2-3,6-7H2,1H3,(H,14,15)(H,18,19). The maximum atomic E-state index is 11.4. The average Bonchev–Trinajstić information content (AvgIpc) is 3.04. The third-order valence-corrected chi connectivity index (χ3v) is 3.67. The van der Waals surface area contributed by atoms with Crippen LogP contribution in [0.2, 0.25) is 0 Å². The van der Waals surface area contributed by atoms with Crippen LogP contribution in [0, 0.1) is 0 Å². The van der Waals surface area contributed by atoms with Crippen molar-refractivity contribution in [3.05, 3.63) is 18.0 Å². The molecule has 0 aromatic carbocycles. The van der Waals surface area contributed by atoms with E-state index in [1.54, 1.807) is 17.9 Å². The first-order valence-corrected chi connectivity index (χ1v) is 6.58. The van der Waals surface area contributed by atoms with Crippen LogP contribution in [0.25, 0.3) is 11.0 Å². The highest BCUT2D eigenvalue weighted by Gasteiger charge is 2.32. The van der Waals surface area contributed by atoms with Crippen molar-refractivity contribution in [1.82, 2.24) is 14.8 Å². The lowest BCUT2D eigenvalue weighted by molar-refractivity contribution is 0.0381. The van der Waals surface area contributed by atoms with E-state index in [-0.39, 0.29) is 18.7 Å². The van der Waals surface area contributed by atoms with Gasteiger partial charge in [0.1, 0.15) is 11.2 Å². The van der Waals surface area contributed by atoms with Crippen LogP contribution >= 0.6 is 0 Å². The molecule has 3 heterocycles. The van der Waals surface area contributed by atoms with Crippen LogP contribution < -0.4 is 5.32 Å². The lowest BCUT2D eigenvalue weighted by Crippen LogP contribution is -2.37. The summed E-state index contributed by atoms with van der Waals surface area (Å²) in [6.07, 6.45) is 3.37. The molecule has 8 nitrogen and oxygen atoms in total. The molecule has 21 heavy (non-hydrogen) atoms. The van der Waals surface area contributed by atoms with Crippen molar-refractivity contribution in [2.24, 2.45) is 7.05 Å². The van der Waals surface area contributed by atoms with Gasteiger partial charge < -0.3 is 20.3 Å². The van der Waals surface area contributed by atoms with Crippen LogP contribution in [0.5, 0.6) is 0 Å². The van der Waals surface area contributed by atoms with Gasteiger partial charge in [-0.05, 0) is 0 Å². The van der Waals surface area contributed by atoms with Crippen LogP contribution in [0.3, 0.4) is 0 Å². The first-order valence-electron chi connectivity index (χ1n) is 6.58. The molecule has 0 saturated carbocycles. The molecular formula is C13H16N4O4. The molecule has 3 N–H and O–H groups in total. The van der Waals surface area contributed by atoms with Crippen LogP contribution in [0.15, 0.2) is 12.4 Å². The summed E-state index contributed by atoms with van der Waals surface area (Å²) in [6, 6.07) is 0. The van der Waals surface area contributed by atoms with Crippen LogP contribution in [-0.4, -0.2) is 56.3 Å². The maximum Gasteiger partial charge on any atom is 0.339 e. The van der Waals surface area contributed by atoms with Gasteiger partial charge in [-0.2, -0.15) is 5.10 Å². The highest BCUT2D eigenvalue weighted by Crippen LogP contribution is 2.27. The molecule has 1 saturated heterocycles. The van der Waals surface area contributed by atoms with E-state index in [1.807, 2.05) is 0 Å². The third kappa shape index (κ3) is 2.43. The van der Waals surface area contributed by atoms with E-state index in [1.165, 1.54) is 6.20 Å². The van der Waals surface area contributed by atoms with Crippen molar-refractivity contribution < 1.29 is 19.7 Å². The van der Waals surface area contributed by atoms with Crippen molar-refractivity contribution in [2.75, 3.05) is 25.1 Å². The summed E-state index contributed by atoms with van der Waals surface area (Å²) in [4.78, 5) is 15.5. The molecule has 0 bridgehead atoms. The van der Waals surface area contributed by atoms with E-state index in [0.717, 1.165) is 0 Å². The minimum absolute atomic E-state index is 0.0537. The predicted molar refractivity (Wildman–Crippen MR) is 74.3 cm³/mol. The smallest absolute Gasteiger partial charge is 0.339 e. The zero-order valence-corrected chi connectivity index (χ0v) is 11.5. The Morgan fingerprint density at radius 3 is 3.05 bits per heavy atom. The highest BCUT2D eigenvalue weighted by molar-refractivity contribution is 6.03. The van der Waals surface area contributed by atoms with Gasteiger partial charge in [-0.3, -0.25) is 4.68 Å². The van der Waals surface area contributed by atoms with E-state index in [9.17, 15) is 15.0 Å². The summed E-state index contributed by atoms with van der Waals surface area (Å²) in [5, 5.41) is 27.3. The largest absolute Gasteiger partial charge is 0.478 e. The number of aryl methyl sites for hydroxylation is 1. The fraction of sp³-hybridized carbons (Fsp3) is 0.462. The topological polar surface area (TPSA) is 110 Å². The van der Waals surface area contributed by atoms with Gasteiger partial charge in [0.15, 0.2) is 5.65 Å². The van der Waals surface area contributed by atoms with Gasteiger partial charge >= 0.3 is 5.97 Å². The fourth-order valence-electron chi connectivity index (χ4n) is 2.44. The molecule has 1 fully saturated rings. The Labute approximate surface area is 120 Å². The number of carbonyl (C=O) groups is 1. The Morgan fingerprint density at radius 1 is 1.57 bits per heavy atom. The minimum atomic E-state index is -1.08. The number of aromatic carboxylic acids is 1. The summed E-state index contributed by atoms with van der Waals surface area (Å²) in [7, 11) is 1.73. The number of aliphatic hydroxyl groups is 1. The number of hydrogen-bond acceptors (Lipinski definition) is 6. The van der Waals surface area contributed by atoms with Crippen molar-refractivity contribution in [1.29, 1.82) is 0 Å². The normalized spacial score (nSPS) is 21.8. The molecule has 2 aromatic rings. The molecule has 8 heteroatoms. The molecule has 112 valence electrons. The third-order valence-electron chi connectivity index (χ3n) is 3.67. The lowest BCUT2D eigenvalue weighted by atomic mass is 10.0. The second-order valence-electron chi connectivity index (χ2n) is 5.24. The molecule has 1 aliphatic rings. The van der Waals surface area contributed by atoms with E-state index in [2.05, 4.69) is 15.4 Å². The molecule has 2 aromatic heterocycles. The number of carboxylic acid groups (broad SMARTS) is 1. The molecule has 0 spiro atoms. The average molecular weight is 292 g/mol. The summed E-state index contributed by atoms with van der Waals surface area (Å²) >= 11 is 0. The Bertz CT molecular complexity index is 691. The quantitative estimate of drug-likeness (QED) is 0.740. The number of aromatic nitrogens is 3. The molecule has 0 amide bonds. The number of nitrogens with zero attached hydrogens (tertiary/aromatic N) is 3. The fourth-order valence-corrected chi connectivity index (χ4v) is 2.44. The van der Waals surface area contributed by atoms with E-state index in [0.29, 0.717) is 29.7 Å². The lowest BCUT2D eigenvalue weighted by Gasteiger charge is -2.22. The van der Waals surface area contributed by atoms with Crippen LogP contribution in [0.1, 0.15) is 16.8 Å². The predicted octanol–water partition coefficient (Wildman–Crippen LogP) is 0.230. The molecule has 0 aliphatic carbocycles. The highest BCUT2D eigenvalue weighted by atomic mass is 16.5. The van der Waals surface area contributed by atoms with Crippen molar-refractivity contribution in [3.8, 4) is 0 Å². The monoisotopic (exact) mass is 292 g/mol. The SMILES string of the molecule is Cn1ncc2c(NCC3(O)CCOC3)c(C(=O)O)cnc21. The van der Waals surface area contributed by atoms with Gasteiger partial charge in [-0.25, -0.2) is 9.78 Å². The van der Waals surface area contributed by atoms with Crippen molar-refractivity contribution in [3.63, 3.8) is 0 Å². The van der Waals surface area contributed by atoms with E-state index >= 15 is 0 Å². The molecule has 3 rings (SSSR count). The Hall–Kier alpha value is -2.19. The minimum Gasteiger partial charge on any atom is -0.478 e. The number of ether oxygens (including phenoxy) is 1. The van der Waals surface area contributed by atoms with Gasteiger partial charge in [-0.1, -0.05) is 0 Å². The maximum absolute atomic E-state index is 11.4. The second-order valence-corrected chi connectivity index (χ2v) is 5.24. The number of pyridine rings is 1. The number of anilines is 1. The first kappa shape index (κ1) is 13.8. The second kappa shape index (κ2) is 4.97. The number of hydrogen-bond donors (Lipinski definition) is 3. The Balaban J connectivity index is 1.98. The van der Waals surface area contributed by atoms with E-state index in [4.69, 9.17) is 4.74 Å². The number of fused-ring (bicyclic) bond motifs is 1. The van der Waals surface area contributed by atoms with Crippen LogP contribution in [-0.2, 0) is 11.8 Å². The number of carboxylic acids is 1. The number of nitrogens with one attached hydrogen (secondary N) is 1. The van der Waals surface area contributed by atoms with Crippen LogP contribution in [0.4, 0.5) is 5.69 Å². The zero-order chi connectivity index (χ0) is 15.0. The number of rotatable bonds is 4. The zero-order valence-electron chi connectivity index (χ0n) is 11.5. The van der Waals surface area contributed by atoms with Gasteiger partial charge in [0.2, 0.25) is 0 Å². The summed E-state index contributed by atoms with van der Waals surface area (Å²) < 4.78 is 6.75. The molecule has 1 atom stereocenters. The molecular weight excluding hydrogens is 276 g/mol. The van der Waals surface area contributed by atoms with Gasteiger partial charge in [0.05, 0.1) is 23.9 Å². The summed E-state index contributed by atoms with van der Waals surface area (Å²) in [5.41, 5.74) is 0.0734. The molecule has 1 unspecified atom stereocenters. The van der Waals surface area contributed by atoms with E-state index < -0.39 is 11.6 Å². The summed E-state index contributed by atoms with van der Waals surface area (Å²) in [6.45, 7) is 0.952. The van der Waals surface area contributed by atoms with Gasteiger partial charge in [-0.15, -0.1) is 0 Å². The van der Waals surface area contributed by atoms with Gasteiger partial charge in [0.25, 0.3) is 0 Å². The first-order chi connectivity index (χ1) is 10.0. The molecule has 0 radical (unpaired) electrons. The molecule has 1 aliphatic heterocycles. The van der Waals surface area contributed by atoms with Crippen molar-refractivity contribution in [2.45, 2.75) is 12.0 Å². The summed E-state index contributed by atoms with van der Waals surface area (Å²) in [5.74, 6) is -1.08.